The summed E-state index contributed by atoms with van der Waals surface area (Å²) in [5.41, 5.74) is 1.97. The van der Waals surface area contributed by atoms with Gasteiger partial charge < -0.3 is 0 Å². The van der Waals surface area contributed by atoms with E-state index in [1.54, 1.807) is 16.7 Å². The molecule has 5 nitrogen and oxygen atoms in total. The first-order valence-electron chi connectivity index (χ1n) is 7.91. The van der Waals surface area contributed by atoms with Crippen molar-refractivity contribution in [3.05, 3.63) is 88.9 Å². The molecule has 0 fully saturated rings. The predicted molar refractivity (Wildman–Crippen MR) is 93.3 cm³/mol. The summed E-state index contributed by atoms with van der Waals surface area (Å²) in [4.78, 5) is 17.3. The van der Waals surface area contributed by atoms with Gasteiger partial charge in [0.05, 0.1) is 17.9 Å². The molecule has 0 saturated heterocycles. The summed E-state index contributed by atoms with van der Waals surface area (Å²) in [6.45, 7) is 1.95. The molecular weight excluding hydrogens is 319 g/mol. The van der Waals surface area contributed by atoms with Gasteiger partial charge in [-0.05, 0) is 36.8 Å². The number of benzene rings is 2. The van der Waals surface area contributed by atoms with Crippen molar-refractivity contribution < 1.29 is 4.39 Å². The van der Waals surface area contributed by atoms with Gasteiger partial charge in [-0.2, -0.15) is 5.10 Å². The van der Waals surface area contributed by atoms with Crippen molar-refractivity contribution in [3.63, 3.8) is 0 Å². The molecule has 6 heteroatoms. The van der Waals surface area contributed by atoms with Crippen molar-refractivity contribution in [2.45, 2.75) is 13.0 Å². The van der Waals surface area contributed by atoms with Crippen LogP contribution in [-0.4, -0.2) is 19.3 Å². The van der Waals surface area contributed by atoms with Gasteiger partial charge in [0, 0.05) is 0 Å². The van der Waals surface area contributed by atoms with Crippen LogP contribution in [0.2, 0.25) is 0 Å². The van der Waals surface area contributed by atoms with Crippen LogP contribution in [-0.2, 0) is 0 Å². The Morgan fingerprint density at radius 1 is 1.04 bits per heavy atom. The Morgan fingerprint density at radius 2 is 1.76 bits per heavy atom. The van der Waals surface area contributed by atoms with Crippen LogP contribution in [0.1, 0.15) is 18.5 Å². The standard InChI is InChI=1S/C19H15FN4O/c1-13(14-5-3-2-4-6-14)23-12-21-18-17(19(23)25)11-22-24(18)16-9-7-15(20)8-10-16/h2-13H,1H3. The van der Waals surface area contributed by atoms with Crippen molar-refractivity contribution in [1.82, 2.24) is 19.3 Å². The highest BCUT2D eigenvalue weighted by Crippen LogP contribution is 2.18. The molecule has 0 N–H and O–H groups in total. The van der Waals surface area contributed by atoms with Crippen molar-refractivity contribution in [2.24, 2.45) is 0 Å². The number of aromatic nitrogens is 4. The van der Waals surface area contributed by atoms with Crippen molar-refractivity contribution in [3.8, 4) is 5.69 Å². The minimum absolute atomic E-state index is 0.139. The summed E-state index contributed by atoms with van der Waals surface area (Å²) in [5, 5.41) is 4.67. The molecule has 2 aromatic carbocycles. The van der Waals surface area contributed by atoms with E-state index >= 15 is 0 Å². The average Bonchev–Trinajstić information content (AvgIpc) is 3.08. The van der Waals surface area contributed by atoms with Crippen LogP contribution >= 0.6 is 0 Å². The molecule has 0 aliphatic rings. The third-order valence-electron chi connectivity index (χ3n) is 4.28. The molecule has 1 atom stereocenters. The molecule has 0 amide bonds. The molecule has 0 saturated carbocycles. The maximum Gasteiger partial charge on any atom is 0.265 e. The highest BCUT2D eigenvalue weighted by molar-refractivity contribution is 5.75. The van der Waals surface area contributed by atoms with Gasteiger partial charge in [-0.1, -0.05) is 30.3 Å². The molecule has 2 heterocycles. The van der Waals surface area contributed by atoms with Crippen LogP contribution in [0.25, 0.3) is 16.7 Å². The maximum absolute atomic E-state index is 13.1. The lowest BCUT2D eigenvalue weighted by Gasteiger charge is -2.15. The van der Waals surface area contributed by atoms with Gasteiger partial charge in [0.25, 0.3) is 5.56 Å². The fourth-order valence-electron chi connectivity index (χ4n) is 2.86. The van der Waals surface area contributed by atoms with Gasteiger partial charge in [0.15, 0.2) is 5.65 Å². The third-order valence-corrected chi connectivity index (χ3v) is 4.28. The van der Waals surface area contributed by atoms with Crippen LogP contribution in [0.5, 0.6) is 0 Å². The minimum Gasteiger partial charge on any atom is -0.291 e. The lowest BCUT2D eigenvalue weighted by atomic mass is 10.1. The average molecular weight is 334 g/mol. The first-order valence-corrected chi connectivity index (χ1v) is 7.91. The largest absolute Gasteiger partial charge is 0.291 e. The van der Waals surface area contributed by atoms with Crippen LogP contribution in [0.3, 0.4) is 0 Å². The quantitative estimate of drug-likeness (QED) is 0.577. The Bertz CT molecular complexity index is 1080. The zero-order valence-electron chi connectivity index (χ0n) is 13.5. The Morgan fingerprint density at radius 3 is 2.48 bits per heavy atom. The molecule has 0 radical (unpaired) electrons. The van der Waals surface area contributed by atoms with Gasteiger partial charge in [-0.3, -0.25) is 9.36 Å². The van der Waals surface area contributed by atoms with Crippen molar-refractivity contribution in [2.75, 3.05) is 0 Å². The van der Waals surface area contributed by atoms with Crippen LogP contribution in [0.15, 0.2) is 71.9 Å². The Balaban J connectivity index is 1.82. The molecule has 1 unspecified atom stereocenters. The monoisotopic (exact) mass is 334 g/mol. The molecule has 0 aliphatic carbocycles. The summed E-state index contributed by atoms with van der Waals surface area (Å²) in [6, 6.07) is 15.5. The summed E-state index contributed by atoms with van der Waals surface area (Å²) >= 11 is 0. The molecule has 25 heavy (non-hydrogen) atoms. The zero-order chi connectivity index (χ0) is 17.4. The van der Waals surface area contributed by atoms with Crippen molar-refractivity contribution >= 4 is 11.0 Å². The summed E-state index contributed by atoms with van der Waals surface area (Å²) in [6.07, 6.45) is 3.03. The molecule has 4 aromatic rings. The summed E-state index contributed by atoms with van der Waals surface area (Å²) in [5.74, 6) is -0.327. The van der Waals surface area contributed by atoms with Gasteiger partial charge in [0.1, 0.15) is 17.5 Å². The molecule has 0 aliphatic heterocycles. The molecule has 124 valence electrons. The fraction of sp³-hybridized carbons (Fsp3) is 0.105. The van der Waals surface area contributed by atoms with E-state index in [4.69, 9.17) is 0 Å². The normalized spacial score (nSPS) is 12.4. The first kappa shape index (κ1) is 15.3. The molecule has 0 bridgehead atoms. The van der Waals surface area contributed by atoms with E-state index in [1.807, 2.05) is 37.3 Å². The molecule has 4 rings (SSSR count). The minimum atomic E-state index is -0.327. The number of rotatable bonds is 3. The number of hydrogen-bond donors (Lipinski definition) is 0. The maximum atomic E-state index is 13.1. The molecule has 0 spiro atoms. The van der Waals surface area contributed by atoms with E-state index in [2.05, 4.69) is 10.1 Å². The highest BCUT2D eigenvalue weighted by Gasteiger charge is 2.15. The third kappa shape index (κ3) is 2.61. The number of nitrogens with zero attached hydrogens (tertiary/aromatic N) is 4. The zero-order valence-corrected chi connectivity index (χ0v) is 13.5. The summed E-state index contributed by atoms with van der Waals surface area (Å²) < 4.78 is 16.2. The Kier molecular flexibility index (Phi) is 3.65. The SMILES string of the molecule is CC(c1ccccc1)n1cnc2c(cnn2-c2ccc(F)cc2)c1=O. The molecule has 2 aromatic heterocycles. The summed E-state index contributed by atoms with van der Waals surface area (Å²) in [7, 11) is 0. The van der Waals surface area contributed by atoms with Crippen molar-refractivity contribution in [1.29, 1.82) is 0 Å². The Labute approximate surface area is 143 Å². The van der Waals surface area contributed by atoms with Crippen LogP contribution in [0, 0.1) is 5.82 Å². The van der Waals surface area contributed by atoms with Gasteiger partial charge in [0.2, 0.25) is 0 Å². The second-order valence-electron chi connectivity index (χ2n) is 5.81. The number of hydrogen-bond acceptors (Lipinski definition) is 3. The van der Waals surface area contributed by atoms with Gasteiger partial charge in [-0.25, -0.2) is 14.1 Å². The van der Waals surface area contributed by atoms with E-state index in [-0.39, 0.29) is 17.4 Å². The first-order chi connectivity index (χ1) is 12.1. The fourth-order valence-corrected chi connectivity index (χ4v) is 2.86. The van der Waals surface area contributed by atoms with E-state index in [0.29, 0.717) is 16.7 Å². The lowest BCUT2D eigenvalue weighted by Crippen LogP contribution is -2.24. The van der Waals surface area contributed by atoms with Gasteiger partial charge in [-0.15, -0.1) is 0 Å². The molecular formula is C19H15FN4O. The predicted octanol–water partition coefficient (Wildman–Crippen LogP) is 3.33. The number of fused-ring (bicyclic) bond motifs is 1. The van der Waals surface area contributed by atoms with E-state index in [1.165, 1.54) is 29.3 Å². The van der Waals surface area contributed by atoms with E-state index < -0.39 is 0 Å². The topological polar surface area (TPSA) is 52.7 Å². The van der Waals surface area contributed by atoms with Crippen LogP contribution < -0.4 is 5.56 Å². The Hall–Kier alpha value is -3.28. The van der Waals surface area contributed by atoms with E-state index in [9.17, 15) is 9.18 Å². The highest BCUT2D eigenvalue weighted by atomic mass is 19.1. The second kappa shape index (κ2) is 5.98. The number of halogens is 1. The second-order valence-corrected chi connectivity index (χ2v) is 5.81. The van der Waals surface area contributed by atoms with E-state index in [0.717, 1.165) is 5.56 Å². The van der Waals surface area contributed by atoms with Gasteiger partial charge >= 0.3 is 0 Å². The lowest BCUT2D eigenvalue weighted by molar-refractivity contribution is 0.608. The smallest absolute Gasteiger partial charge is 0.265 e. The van der Waals surface area contributed by atoms with Crippen LogP contribution in [0.4, 0.5) is 4.39 Å².